The predicted molar refractivity (Wildman–Crippen MR) is 95.7 cm³/mol. The van der Waals surface area contributed by atoms with E-state index in [4.69, 9.17) is 4.74 Å². The lowest BCUT2D eigenvalue weighted by molar-refractivity contribution is -0.118. The number of rotatable bonds is 5. The third-order valence-electron chi connectivity index (χ3n) is 4.56. The number of pyridine rings is 1. The highest BCUT2D eigenvalue weighted by atomic mass is 16.5. The molecule has 1 amide bonds. The number of carbonyl (C=O) groups is 1. The molecule has 0 saturated carbocycles. The van der Waals surface area contributed by atoms with Crippen molar-refractivity contribution in [2.75, 3.05) is 11.9 Å². The van der Waals surface area contributed by atoms with Gasteiger partial charge in [-0.25, -0.2) is 4.98 Å². The van der Waals surface area contributed by atoms with E-state index in [1.165, 1.54) is 0 Å². The maximum absolute atomic E-state index is 12.5. The van der Waals surface area contributed by atoms with Crippen LogP contribution in [0.25, 0.3) is 11.1 Å². The fourth-order valence-electron chi connectivity index (χ4n) is 3.23. The Hall–Kier alpha value is -2.20. The van der Waals surface area contributed by atoms with Gasteiger partial charge in [-0.15, -0.1) is 0 Å². The fourth-order valence-corrected chi connectivity index (χ4v) is 3.23. The molecule has 24 heavy (non-hydrogen) atoms. The molecule has 2 atom stereocenters. The summed E-state index contributed by atoms with van der Waals surface area (Å²) < 4.78 is 5.69. The van der Waals surface area contributed by atoms with E-state index in [1.807, 2.05) is 42.5 Å². The summed E-state index contributed by atoms with van der Waals surface area (Å²) in [4.78, 5) is 16.8. The number of nitrogens with one attached hydrogen (secondary N) is 1. The molecule has 1 fully saturated rings. The van der Waals surface area contributed by atoms with Crippen molar-refractivity contribution in [1.29, 1.82) is 0 Å². The van der Waals surface area contributed by atoms with Gasteiger partial charge in [-0.2, -0.15) is 0 Å². The molecule has 1 saturated heterocycles. The molecule has 0 radical (unpaired) electrons. The van der Waals surface area contributed by atoms with Gasteiger partial charge in [0.2, 0.25) is 5.91 Å². The minimum absolute atomic E-state index is 0.0348. The average Bonchev–Trinajstić information content (AvgIpc) is 2.63. The number of aromatic nitrogens is 1. The van der Waals surface area contributed by atoms with Crippen molar-refractivity contribution in [1.82, 2.24) is 4.98 Å². The van der Waals surface area contributed by atoms with E-state index in [0.29, 0.717) is 24.3 Å². The van der Waals surface area contributed by atoms with Gasteiger partial charge >= 0.3 is 0 Å². The molecule has 1 aliphatic rings. The Morgan fingerprint density at radius 1 is 1.25 bits per heavy atom. The molecule has 1 aliphatic heterocycles. The third-order valence-corrected chi connectivity index (χ3v) is 4.56. The van der Waals surface area contributed by atoms with Crippen LogP contribution in [0.1, 0.15) is 32.6 Å². The number of benzene rings is 1. The number of amides is 1. The largest absolute Gasteiger partial charge is 0.378 e. The van der Waals surface area contributed by atoms with Gasteiger partial charge in [0, 0.05) is 24.8 Å². The zero-order chi connectivity index (χ0) is 16.8. The van der Waals surface area contributed by atoms with Gasteiger partial charge in [0.05, 0.1) is 6.10 Å². The molecule has 0 unspecified atom stereocenters. The number of carbonyl (C=O) groups excluding carboxylic acids is 1. The minimum atomic E-state index is 0.0348. The minimum Gasteiger partial charge on any atom is -0.378 e. The lowest BCUT2D eigenvalue weighted by atomic mass is 9.91. The van der Waals surface area contributed by atoms with Crippen molar-refractivity contribution in [2.45, 2.75) is 38.7 Å². The summed E-state index contributed by atoms with van der Waals surface area (Å²) in [7, 11) is 0. The van der Waals surface area contributed by atoms with Gasteiger partial charge < -0.3 is 10.1 Å². The summed E-state index contributed by atoms with van der Waals surface area (Å²) in [5.41, 5.74) is 2.00. The van der Waals surface area contributed by atoms with E-state index in [9.17, 15) is 4.79 Å². The first-order valence-electron chi connectivity index (χ1n) is 8.68. The number of anilines is 1. The molecule has 3 rings (SSSR count). The van der Waals surface area contributed by atoms with E-state index in [2.05, 4.69) is 17.2 Å². The van der Waals surface area contributed by atoms with Gasteiger partial charge in [0.25, 0.3) is 0 Å². The quantitative estimate of drug-likeness (QED) is 0.893. The molecular weight excluding hydrogens is 300 g/mol. The van der Waals surface area contributed by atoms with Crippen molar-refractivity contribution in [3.8, 4) is 11.1 Å². The van der Waals surface area contributed by atoms with E-state index in [1.54, 1.807) is 6.20 Å². The van der Waals surface area contributed by atoms with Crippen molar-refractivity contribution in [3.05, 3.63) is 48.7 Å². The SMILES string of the molecule is CC[C@@H]1C[C@@H](CC(=O)Nc2ncccc2-c2ccccc2)CCO1. The Labute approximate surface area is 143 Å². The second-order valence-electron chi connectivity index (χ2n) is 6.31. The molecule has 4 nitrogen and oxygen atoms in total. The lowest BCUT2D eigenvalue weighted by Gasteiger charge is -2.28. The van der Waals surface area contributed by atoms with Crippen LogP contribution in [0.4, 0.5) is 5.82 Å². The molecule has 1 aromatic carbocycles. The Bertz CT molecular complexity index is 672. The molecule has 2 aromatic rings. The summed E-state index contributed by atoms with van der Waals surface area (Å²) in [6.07, 6.45) is 5.48. The van der Waals surface area contributed by atoms with Crippen LogP contribution < -0.4 is 5.32 Å². The summed E-state index contributed by atoms with van der Waals surface area (Å²) in [6, 6.07) is 13.9. The Morgan fingerprint density at radius 2 is 2.08 bits per heavy atom. The van der Waals surface area contributed by atoms with E-state index in [-0.39, 0.29) is 5.91 Å². The maximum atomic E-state index is 12.5. The van der Waals surface area contributed by atoms with Gasteiger partial charge in [-0.05, 0) is 42.9 Å². The van der Waals surface area contributed by atoms with Crippen LogP contribution in [0.2, 0.25) is 0 Å². The van der Waals surface area contributed by atoms with Gasteiger partial charge in [0.1, 0.15) is 5.82 Å². The first-order chi connectivity index (χ1) is 11.8. The van der Waals surface area contributed by atoms with Crippen molar-refractivity contribution < 1.29 is 9.53 Å². The fraction of sp³-hybridized carbons (Fsp3) is 0.400. The highest BCUT2D eigenvalue weighted by molar-refractivity contribution is 5.94. The van der Waals surface area contributed by atoms with Crippen LogP contribution in [0.3, 0.4) is 0 Å². The third kappa shape index (κ3) is 4.20. The predicted octanol–water partition coefficient (Wildman–Crippen LogP) is 4.28. The molecule has 2 heterocycles. The standard InChI is InChI=1S/C20H24N2O2/c1-2-17-13-15(10-12-24-17)14-19(23)22-20-18(9-6-11-21-20)16-7-4-3-5-8-16/h3-9,11,15,17H,2,10,12-14H2,1H3,(H,21,22,23)/t15-,17+/m0/s1. The number of nitrogens with zero attached hydrogens (tertiary/aromatic N) is 1. The zero-order valence-corrected chi connectivity index (χ0v) is 14.1. The summed E-state index contributed by atoms with van der Waals surface area (Å²) >= 11 is 0. The first kappa shape index (κ1) is 16.7. The Morgan fingerprint density at radius 3 is 2.88 bits per heavy atom. The Kier molecular flexibility index (Phi) is 5.59. The second-order valence-corrected chi connectivity index (χ2v) is 6.31. The molecule has 0 aliphatic carbocycles. The van der Waals surface area contributed by atoms with E-state index in [0.717, 1.165) is 37.0 Å². The van der Waals surface area contributed by atoms with Crippen LogP contribution >= 0.6 is 0 Å². The average molecular weight is 324 g/mol. The van der Waals surface area contributed by atoms with E-state index >= 15 is 0 Å². The summed E-state index contributed by atoms with van der Waals surface area (Å²) in [6.45, 7) is 2.89. The topological polar surface area (TPSA) is 51.2 Å². The maximum Gasteiger partial charge on any atom is 0.225 e. The van der Waals surface area contributed by atoms with Crippen LogP contribution in [0, 0.1) is 5.92 Å². The summed E-state index contributed by atoms with van der Waals surface area (Å²) in [5, 5.41) is 3.00. The van der Waals surface area contributed by atoms with Crippen LogP contribution in [-0.2, 0) is 9.53 Å². The molecule has 0 bridgehead atoms. The zero-order valence-electron chi connectivity index (χ0n) is 14.1. The highest BCUT2D eigenvalue weighted by Crippen LogP contribution is 2.28. The molecule has 1 N–H and O–H groups in total. The Balaban J connectivity index is 1.67. The molecular formula is C20H24N2O2. The van der Waals surface area contributed by atoms with Crippen molar-refractivity contribution in [2.24, 2.45) is 5.92 Å². The molecule has 1 aromatic heterocycles. The molecule has 4 heteroatoms. The number of hydrogen-bond donors (Lipinski definition) is 1. The molecule has 0 spiro atoms. The lowest BCUT2D eigenvalue weighted by Crippen LogP contribution is -2.28. The first-order valence-corrected chi connectivity index (χ1v) is 8.68. The molecule has 126 valence electrons. The van der Waals surface area contributed by atoms with Gasteiger partial charge in [-0.3, -0.25) is 4.79 Å². The van der Waals surface area contributed by atoms with Crippen LogP contribution in [0.5, 0.6) is 0 Å². The van der Waals surface area contributed by atoms with Crippen molar-refractivity contribution in [3.63, 3.8) is 0 Å². The monoisotopic (exact) mass is 324 g/mol. The highest BCUT2D eigenvalue weighted by Gasteiger charge is 2.23. The number of hydrogen-bond acceptors (Lipinski definition) is 3. The van der Waals surface area contributed by atoms with Gasteiger partial charge in [0.15, 0.2) is 0 Å². The summed E-state index contributed by atoms with van der Waals surface area (Å²) in [5.74, 6) is 1.06. The van der Waals surface area contributed by atoms with E-state index < -0.39 is 0 Å². The van der Waals surface area contributed by atoms with Crippen molar-refractivity contribution >= 4 is 11.7 Å². The smallest absolute Gasteiger partial charge is 0.225 e. The van der Waals surface area contributed by atoms with Crippen LogP contribution in [-0.4, -0.2) is 23.6 Å². The van der Waals surface area contributed by atoms with Crippen LogP contribution in [0.15, 0.2) is 48.7 Å². The second kappa shape index (κ2) is 8.06. The number of ether oxygens (including phenoxy) is 1. The normalized spacial score (nSPS) is 20.5. The van der Waals surface area contributed by atoms with Gasteiger partial charge in [-0.1, -0.05) is 37.3 Å².